The third-order valence-electron chi connectivity index (χ3n) is 2.47. The molecule has 3 heteroatoms. The number of aryl methyl sites for hydroxylation is 1. The molecular formula is C13H14BrNS. The summed E-state index contributed by atoms with van der Waals surface area (Å²) in [4.78, 5) is 2.53. The zero-order valence-corrected chi connectivity index (χ0v) is 11.5. The second-order valence-corrected chi connectivity index (χ2v) is 6.01. The summed E-state index contributed by atoms with van der Waals surface area (Å²) in [6, 6.07) is 12.6. The smallest absolute Gasteiger partial charge is 0.0442 e. The molecule has 16 heavy (non-hydrogen) atoms. The van der Waals surface area contributed by atoms with Crippen molar-refractivity contribution in [2.24, 2.45) is 5.73 Å². The second-order valence-electron chi connectivity index (χ2n) is 3.87. The predicted molar refractivity (Wildman–Crippen MR) is 73.8 cm³/mol. The summed E-state index contributed by atoms with van der Waals surface area (Å²) >= 11 is 5.33. The fourth-order valence-corrected chi connectivity index (χ4v) is 3.66. The number of thiophene rings is 1. The van der Waals surface area contributed by atoms with Gasteiger partial charge in [-0.25, -0.2) is 0 Å². The Morgan fingerprint density at radius 3 is 2.56 bits per heavy atom. The van der Waals surface area contributed by atoms with Crippen molar-refractivity contribution in [3.05, 3.63) is 56.2 Å². The lowest BCUT2D eigenvalue weighted by Gasteiger charge is -2.10. The highest BCUT2D eigenvalue weighted by Crippen LogP contribution is 2.32. The molecule has 1 nitrogen and oxygen atoms in total. The maximum Gasteiger partial charge on any atom is 0.0442 e. The van der Waals surface area contributed by atoms with Crippen LogP contribution in [-0.2, 0) is 6.42 Å². The summed E-state index contributed by atoms with van der Waals surface area (Å²) in [6.45, 7) is 2.11. The topological polar surface area (TPSA) is 26.0 Å². The first-order chi connectivity index (χ1) is 7.66. The van der Waals surface area contributed by atoms with Gasteiger partial charge in [0.15, 0.2) is 0 Å². The van der Waals surface area contributed by atoms with Crippen molar-refractivity contribution in [1.29, 1.82) is 0 Å². The average Bonchev–Trinajstić information content (AvgIpc) is 2.59. The fraction of sp³-hybridized carbons (Fsp3) is 0.231. The van der Waals surface area contributed by atoms with Crippen molar-refractivity contribution < 1.29 is 0 Å². The number of hydrogen-bond donors (Lipinski definition) is 1. The van der Waals surface area contributed by atoms with Crippen LogP contribution in [0.1, 0.15) is 21.4 Å². The maximum atomic E-state index is 6.22. The molecule has 1 aromatic heterocycles. The van der Waals surface area contributed by atoms with E-state index in [1.807, 2.05) is 6.07 Å². The molecule has 0 saturated carbocycles. The first-order valence-corrected chi connectivity index (χ1v) is 6.83. The van der Waals surface area contributed by atoms with E-state index in [1.165, 1.54) is 15.3 Å². The summed E-state index contributed by atoms with van der Waals surface area (Å²) in [7, 11) is 0. The van der Waals surface area contributed by atoms with Gasteiger partial charge < -0.3 is 5.73 Å². The first-order valence-electron chi connectivity index (χ1n) is 5.22. The highest BCUT2D eigenvalue weighted by molar-refractivity contribution is 9.10. The lowest BCUT2D eigenvalue weighted by atomic mass is 10.1. The van der Waals surface area contributed by atoms with Crippen LogP contribution in [0.5, 0.6) is 0 Å². The van der Waals surface area contributed by atoms with Crippen LogP contribution in [0.4, 0.5) is 0 Å². The van der Waals surface area contributed by atoms with Gasteiger partial charge in [-0.3, -0.25) is 0 Å². The highest BCUT2D eigenvalue weighted by Gasteiger charge is 2.13. The van der Waals surface area contributed by atoms with Crippen molar-refractivity contribution in [1.82, 2.24) is 0 Å². The maximum absolute atomic E-state index is 6.22. The lowest BCUT2D eigenvalue weighted by Crippen LogP contribution is -2.12. The van der Waals surface area contributed by atoms with Crippen molar-refractivity contribution >= 4 is 27.3 Å². The number of hydrogen-bond acceptors (Lipinski definition) is 2. The van der Waals surface area contributed by atoms with Gasteiger partial charge in [0.2, 0.25) is 0 Å². The Labute approximate surface area is 108 Å². The first kappa shape index (κ1) is 11.8. The minimum absolute atomic E-state index is 0.0791. The summed E-state index contributed by atoms with van der Waals surface area (Å²) in [5, 5.41) is 0. The van der Waals surface area contributed by atoms with Gasteiger partial charge in [0.25, 0.3) is 0 Å². The lowest BCUT2D eigenvalue weighted by molar-refractivity contribution is 0.733. The third kappa shape index (κ3) is 2.73. The molecule has 0 saturated heterocycles. The van der Waals surface area contributed by atoms with Crippen molar-refractivity contribution in [3.63, 3.8) is 0 Å². The van der Waals surface area contributed by atoms with E-state index >= 15 is 0 Å². The standard InChI is InChI=1S/C13H14BrNS/c1-9-7-11(14)13(16-9)12(15)8-10-5-3-2-4-6-10/h2-7,12H,8,15H2,1H3. The summed E-state index contributed by atoms with van der Waals surface area (Å²) < 4.78 is 1.14. The molecule has 0 radical (unpaired) electrons. The van der Waals surface area contributed by atoms with Gasteiger partial charge in [0.05, 0.1) is 0 Å². The van der Waals surface area contributed by atoms with Gasteiger partial charge >= 0.3 is 0 Å². The largest absolute Gasteiger partial charge is 0.323 e. The van der Waals surface area contributed by atoms with Crippen LogP contribution in [0.15, 0.2) is 40.9 Å². The Morgan fingerprint density at radius 2 is 2.00 bits per heavy atom. The minimum atomic E-state index is 0.0791. The van der Waals surface area contributed by atoms with E-state index < -0.39 is 0 Å². The van der Waals surface area contributed by atoms with Crippen LogP contribution in [-0.4, -0.2) is 0 Å². The van der Waals surface area contributed by atoms with Crippen LogP contribution in [0.25, 0.3) is 0 Å². The molecule has 1 atom stereocenters. The van der Waals surface area contributed by atoms with Crippen LogP contribution < -0.4 is 5.73 Å². The van der Waals surface area contributed by atoms with E-state index in [1.54, 1.807) is 11.3 Å². The SMILES string of the molecule is Cc1cc(Br)c(C(N)Cc2ccccc2)s1. The number of halogens is 1. The second kappa shape index (κ2) is 5.13. The molecule has 2 aromatic rings. The quantitative estimate of drug-likeness (QED) is 0.908. The molecule has 0 aliphatic rings. The summed E-state index contributed by atoms with van der Waals surface area (Å²) in [6.07, 6.45) is 0.888. The molecule has 1 aromatic carbocycles. The minimum Gasteiger partial charge on any atom is -0.323 e. The average molecular weight is 296 g/mol. The van der Waals surface area contributed by atoms with Gasteiger partial charge in [-0.1, -0.05) is 30.3 Å². The zero-order valence-electron chi connectivity index (χ0n) is 9.11. The molecule has 0 spiro atoms. The van der Waals surface area contributed by atoms with Crippen LogP contribution in [0.2, 0.25) is 0 Å². The molecule has 0 amide bonds. The monoisotopic (exact) mass is 295 g/mol. The normalized spacial score (nSPS) is 12.7. The van der Waals surface area contributed by atoms with Crippen molar-refractivity contribution in [2.45, 2.75) is 19.4 Å². The number of rotatable bonds is 3. The third-order valence-corrected chi connectivity index (χ3v) is 4.57. The van der Waals surface area contributed by atoms with E-state index in [4.69, 9.17) is 5.73 Å². The molecule has 0 bridgehead atoms. The Hall–Kier alpha value is -0.640. The van der Waals surface area contributed by atoms with E-state index in [2.05, 4.69) is 53.2 Å². The molecule has 2 rings (SSSR count). The van der Waals surface area contributed by atoms with E-state index in [0.717, 1.165) is 10.9 Å². The number of benzene rings is 1. The highest BCUT2D eigenvalue weighted by atomic mass is 79.9. The Kier molecular flexibility index (Phi) is 3.79. The van der Waals surface area contributed by atoms with Gasteiger partial charge in [0, 0.05) is 20.3 Å². The van der Waals surface area contributed by atoms with Crippen molar-refractivity contribution in [3.8, 4) is 0 Å². The molecule has 2 N–H and O–H groups in total. The van der Waals surface area contributed by atoms with Crippen LogP contribution in [0.3, 0.4) is 0 Å². The number of nitrogens with two attached hydrogens (primary N) is 1. The Morgan fingerprint density at radius 1 is 1.31 bits per heavy atom. The Balaban J connectivity index is 2.14. The van der Waals surface area contributed by atoms with Gasteiger partial charge in [-0.05, 0) is 40.9 Å². The van der Waals surface area contributed by atoms with E-state index in [-0.39, 0.29) is 6.04 Å². The summed E-state index contributed by atoms with van der Waals surface area (Å²) in [5.74, 6) is 0. The van der Waals surface area contributed by atoms with Crippen molar-refractivity contribution in [2.75, 3.05) is 0 Å². The Bertz CT molecular complexity index is 464. The molecule has 1 unspecified atom stereocenters. The molecule has 84 valence electrons. The van der Waals surface area contributed by atoms with Crippen LogP contribution >= 0.6 is 27.3 Å². The van der Waals surface area contributed by atoms with Gasteiger partial charge in [-0.15, -0.1) is 11.3 Å². The molecular weight excluding hydrogens is 282 g/mol. The fourth-order valence-electron chi connectivity index (χ4n) is 1.71. The van der Waals surface area contributed by atoms with Crippen LogP contribution in [0, 0.1) is 6.92 Å². The van der Waals surface area contributed by atoms with E-state index in [0.29, 0.717) is 0 Å². The molecule has 0 fully saturated rings. The van der Waals surface area contributed by atoms with Gasteiger partial charge in [0.1, 0.15) is 0 Å². The molecule has 1 heterocycles. The molecule has 0 aliphatic heterocycles. The predicted octanol–water partition coefficient (Wildman–Crippen LogP) is 4.06. The summed E-state index contributed by atoms with van der Waals surface area (Å²) in [5.41, 5.74) is 7.51. The zero-order chi connectivity index (χ0) is 11.5. The molecule has 0 aliphatic carbocycles. The van der Waals surface area contributed by atoms with Gasteiger partial charge in [-0.2, -0.15) is 0 Å². The van der Waals surface area contributed by atoms with E-state index in [9.17, 15) is 0 Å².